The third-order valence-electron chi connectivity index (χ3n) is 11.7. The van der Waals surface area contributed by atoms with E-state index in [0.29, 0.717) is 17.7 Å². The lowest BCUT2D eigenvalue weighted by Gasteiger charge is -2.28. The third-order valence-corrected chi connectivity index (χ3v) is 11.7. The number of carbonyl (C=O) groups excluding carboxylic acids is 1. The van der Waals surface area contributed by atoms with Gasteiger partial charge in [-0.2, -0.15) is 4.58 Å². The molecule has 280 valence electrons. The Kier molecular flexibility index (Phi) is 8.92. The summed E-state index contributed by atoms with van der Waals surface area (Å²) in [6, 6.07) is 40.2. The van der Waals surface area contributed by atoms with Crippen LogP contribution in [0, 0.1) is 0 Å². The number of para-hydroxylation sites is 2. The zero-order valence-electron chi connectivity index (χ0n) is 32.7. The highest BCUT2D eigenvalue weighted by Crippen LogP contribution is 2.50. The van der Waals surface area contributed by atoms with Crippen molar-refractivity contribution >= 4 is 45.9 Å². The first kappa shape index (κ1) is 36.5. The molecule has 5 aromatic rings. The van der Waals surface area contributed by atoms with E-state index in [0.717, 1.165) is 63.1 Å². The van der Waals surface area contributed by atoms with Gasteiger partial charge in [-0.25, -0.2) is 4.79 Å². The normalized spacial score (nSPS) is 18.0. The van der Waals surface area contributed by atoms with E-state index in [-0.39, 0.29) is 22.5 Å². The molecular formula is C49H46N3O4+. The highest BCUT2D eigenvalue weighted by atomic mass is 16.4. The Morgan fingerprint density at radius 1 is 0.732 bits per heavy atom. The number of hydrogen-bond acceptors (Lipinski definition) is 5. The van der Waals surface area contributed by atoms with E-state index in [1.807, 2.05) is 60.7 Å². The predicted octanol–water partition coefficient (Wildman–Crippen LogP) is 10.9. The Labute approximate surface area is 328 Å². The van der Waals surface area contributed by atoms with Crippen LogP contribution in [-0.2, 0) is 15.6 Å². The van der Waals surface area contributed by atoms with Crippen molar-refractivity contribution in [2.24, 2.45) is 0 Å². The van der Waals surface area contributed by atoms with Crippen LogP contribution < -0.4 is 9.80 Å². The molecule has 3 aliphatic rings. The zero-order valence-corrected chi connectivity index (χ0v) is 32.7. The Morgan fingerprint density at radius 3 is 1.96 bits per heavy atom. The summed E-state index contributed by atoms with van der Waals surface area (Å²) in [5.41, 5.74) is 11.7. The highest BCUT2D eigenvalue weighted by molar-refractivity contribution is 6.24. The van der Waals surface area contributed by atoms with Crippen molar-refractivity contribution in [3.63, 3.8) is 0 Å². The number of carboxylic acid groups (broad SMARTS) is 1. The maximum atomic E-state index is 13.8. The van der Waals surface area contributed by atoms with Crippen LogP contribution in [0.1, 0.15) is 63.0 Å². The number of benzene rings is 5. The summed E-state index contributed by atoms with van der Waals surface area (Å²) in [4.78, 5) is 29.7. The second-order valence-electron chi connectivity index (χ2n) is 15.6. The number of ketones is 1. The minimum atomic E-state index is -0.958. The highest BCUT2D eigenvalue weighted by Gasteiger charge is 2.47. The van der Waals surface area contributed by atoms with Crippen LogP contribution in [0.3, 0.4) is 0 Å². The number of aliphatic hydroxyl groups excluding tert-OH is 1. The van der Waals surface area contributed by atoms with Crippen molar-refractivity contribution in [3.05, 3.63) is 173 Å². The number of fused-ring (bicyclic) bond motifs is 2. The first-order valence-corrected chi connectivity index (χ1v) is 19.2. The first-order chi connectivity index (χ1) is 26.9. The standard InChI is InChI=1S/C49H45N3O4/c1-7-50-41-17-13-12-16-39(41)48(3,4)43(50)29-37-45(53)38(46(37)54)30-44-49(5,6)40-28-33(22-27-42(40)51(44)8-2)31-18-23-35(24-19-31)52(34-14-10-9-11-15-34)36-25-20-32(21-26-36)47(55)56/h9-30H,7-8H2,1-6H3,(H-,53,54,55,56)/p+1. The Bertz CT molecular complexity index is 2540. The number of likely N-dealkylation sites (N-methyl/N-ethyl adjacent to an activating group) is 1. The van der Waals surface area contributed by atoms with Crippen molar-refractivity contribution in [3.8, 4) is 11.1 Å². The molecule has 2 aliphatic heterocycles. The maximum Gasteiger partial charge on any atom is 0.335 e. The van der Waals surface area contributed by atoms with Crippen LogP contribution in [-0.4, -0.2) is 45.3 Å². The molecule has 7 heteroatoms. The molecule has 2 heterocycles. The van der Waals surface area contributed by atoms with Gasteiger partial charge in [0.15, 0.2) is 5.71 Å². The van der Waals surface area contributed by atoms with Crippen molar-refractivity contribution < 1.29 is 24.4 Å². The van der Waals surface area contributed by atoms with E-state index in [9.17, 15) is 19.8 Å². The van der Waals surface area contributed by atoms with E-state index in [2.05, 4.69) is 117 Å². The first-order valence-electron chi connectivity index (χ1n) is 19.2. The molecule has 56 heavy (non-hydrogen) atoms. The summed E-state index contributed by atoms with van der Waals surface area (Å²) in [5, 5.41) is 20.9. The fraction of sp³-hybridized carbons (Fsp3) is 0.204. The predicted molar refractivity (Wildman–Crippen MR) is 225 cm³/mol. The summed E-state index contributed by atoms with van der Waals surface area (Å²) in [7, 11) is 0. The van der Waals surface area contributed by atoms with E-state index < -0.39 is 11.4 Å². The van der Waals surface area contributed by atoms with Gasteiger partial charge in [-0.15, -0.1) is 0 Å². The molecule has 0 atom stereocenters. The average molecular weight is 741 g/mol. The molecule has 5 aromatic carbocycles. The Morgan fingerprint density at radius 2 is 1.34 bits per heavy atom. The molecule has 0 amide bonds. The summed E-state index contributed by atoms with van der Waals surface area (Å²) in [6.45, 7) is 14.4. The van der Waals surface area contributed by atoms with Crippen molar-refractivity contribution in [1.82, 2.24) is 0 Å². The molecule has 0 radical (unpaired) electrons. The smallest absolute Gasteiger partial charge is 0.335 e. The lowest BCUT2D eigenvalue weighted by molar-refractivity contribution is -0.433. The molecule has 0 bridgehead atoms. The topological polar surface area (TPSA) is 84.1 Å². The van der Waals surface area contributed by atoms with E-state index in [4.69, 9.17) is 0 Å². The van der Waals surface area contributed by atoms with Gasteiger partial charge in [-0.1, -0.05) is 68.4 Å². The van der Waals surface area contributed by atoms with E-state index >= 15 is 0 Å². The van der Waals surface area contributed by atoms with Crippen LogP contribution in [0.5, 0.6) is 0 Å². The minimum Gasteiger partial charge on any atom is -0.506 e. The van der Waals surface area contributed by atoms with Gasteiger partial charge in [-0.05, 0) is 111 Å². The van der Waals surface area contributed by atoms with Gasteiger partial charge in [0, 0.05) is 58.1 Å². The van der Waals surface area contributed by atoms with Crippen LogP contribution in [0.25, 0.3) is 11.1 Å². The van der Waals surface area contributed by atoms with Crippen molar-refractivity contribution in [2.75, 3.05) is 22.9 Å². The lowest BCUT2D eigenvalue weighted by Crippen LogP contribution is -2.32. The zero-order chi connectivity index (χ0) is 39.5. The number of hydrogen-bond donors (Lipinski definition) is 2. The van der Waals surface area contributed by atoms with E-state index in [1.165, 1.54) is 5.56 Å². The molecule has 0 saturated heterocycles. The molecule has 0 saturated carbocycles. The second kappa shape index (κ2) is 13.7. The molecule has 0 aromatic heterocycles. The van der Waals surface area contributed by atoms with Crippen molar-refractivity contribution in [1.29, 1.82) is 0 Å². The Hall–Kier alpha value is -6.47. The van der Waals surface area contributed by atoms with Crippen LogP contribution in [0.2, 0.25) is 0 Å². The number of rotatable bonds is 9. The molecule has 0 spiro atoms. The van der Waals surface area contributed by atoms with E-state index in [1.54, 1.807) is 12.1 Å². The largest absolute Gasteiger partial charge is 0.506 e. The molecule has 2 N–H and O–H groups in total. The fourth-order valence-electron chi connectivity index (χ4n) is 8.66. The quantitative estimate of drug-likeness (QED) is 0.116. The van der Waals surface area contributed by atoms with Gasteiger partial charge in [0.2, 0.25) is 11.5 Å². The lowest BCUT2D eigenvalue weighted by atomic mass is 9.77. The van der Waals surface area contributed by atoms with Crippen LogP contribution in [0.15, 0.2) is 156 Å². The molecule has 0 unspecified atom stereocenters. The molecule has 0 fully saturated rings. The fourth-order valence-corrected chi connectivity index (χ4v) is 8.66. The maximum absolute atomic E-state index is 13.8. The number of carboxylic acids is 1. The number of aliphatic hydroxyl groups is 1. The summed E-state index contributed by atoms with van der Waals surface area (Å²) in [5.74, 6) is -1.05. The summed E-state index contributed by atoms with van der Waals surface area (Å²) < 4.78 is 2.24. The minimum absolute atomic E-state index is 0.0452. The number of Topliss-reactive ketones (excluding diaryl/α,β-unsaturated/α-hetero) is 1. The van der Waals surface area contributed by atoms with Gasteiger partial charge in [0.1, 0.15) is 12.3 Å². The second-order valence-corrected chi connectivity index (χ2v) is 15.6. The SMILES string of the molecule is CCN1/C(=C/C2=C(O)C(=C\C3=[N+](CC)c4ccccc4C3(C)C)/C2=O)C(C)(C)c2cc(-c3ccc(N(c4ccccc4)c4ccc(C(=O)O)cc4)cc3)ccc21. The van der Waals surface area contributed by atoms with Gasteiger partial charge < -0.3 is 20.0 Å². The third kappa shape index (κ3) is 5.77. The van der Waals surface area contributed by atoms with Gasteiger partial charge in [-0.3, -0.25) is 4.79 Å². The van der Waals surface area contributed by atoms with Crippen LogP contribution in [0.4, 0.5) is 28.4 Å². The Balaban J connectivity index is 1.11. The molecule has 1 aliphatic carbocycles. The summed E-state index contributed by atoms with van der Waals surface area (Å²) >= 11 is 0. The van der Waals surface area contributed by atoms with Gasteiger partial charge in [0.05, 0.1) is 22.1 Å². The molecular weight excluding hydrogens is 695 g/mol. The van der Waals surface area contributed by atoms with Crippen LogP contribution >= 0.6 is 0 Å². The average Bonchev–Trinajstić information content (AvgIpc) is 3.57. The van der Waals surface area contributed by atoms with Gasteiger partial charge in [0.25, 0.3) is 0 Å². The van der Waals surface area contributed by atoms with Gasteiger partial charge >= 0.3 is 5.97 Å². The number of aromatic carboxylic acids is 1. The number of allylic oxidation sites excluding steroid dienone is 5. The molecule has 7 nitrogen and oxygen atoms in total. The number of anilines is 4. The number of carbonyl (C=O) groups is 2. The van der Waals surface area contributed by atoms with Crippen molar-refractivity contribution in [2.45, 2.75) is 52.4 Å². The monoisotopic (exact) mass is 740 g/mol. The summed E-state index contributed by atoms with van der Waals surface area (Å²) in [6.07, 6.45) is 3.78. The molecule has 8 rings (SSSR count). The number of nitrogens with zero attached hydrogens (tertiary/aromatic N) is 3.